The van der Waals surface area contributed by atoms with Crippen molar-refractivity contribution in [3.05, 3.63) is 24.0 Å². The number of carbonyl (C=O) groups is 1. The number of aromatic nitrogens is 1. The van der Waals surface area contributed by atoms with E-state index in [0.29, 0.717) is 17.2 Å². The maximum Gasteiger partial charge on any atom is 0.231 e. The van der Waals surface area contributed by atoms with Crippen LogP contribution in [0.4, 0.5) is 9.52 Å². The van der Waals surface area contributed by atoms with Crippen molar-refractivity contribution in [2.24, 2.45) is 5.92 Å². The fourth-order valence-electron chi connectivity index (χ4n) is 3.67. The molecule has 6 heteroatoms. The van der Waals surface area contributed by atoms with Crippen LogP contribution in [0.15, 0.2) is 18.2 Å². The Labute approximate surface area is 144 Å². The highest BCUT2D eigenvalue weighted by atomic mass is 32.1. The number of halogens is 1. The van der Waals surface area contributed by atoms with Gasteiger partial charge in [0.15, 0.2) is 5.13 Å². The summed E-state index contributed by atoms with van der Waals surface area (Å²) in [5.74, 6) is -0.133. The number of amides is 1. The summed E-state index contributed by atoms with van der Waals surface area (Å²) in [5.41, 5.74) is 0.356. The summed E-state index contributed by atoms with van der Waals surface area (Å²) in [6.07, 6.45) is 6.17. The standard InChI is InChI=1S/C18H21FN2O2S/c19-14-8-3-9-15-16(14)20-18(24-15)21(11-13-7-4-10-23-13)17(22)12-5-1-2-6-12/h3,8-9,12-13H,1-2,4-7,10-11H2. The Balaban J connectivity index is 1.66. The van der Waals surface area contributed by atoms with Crippen LogP contribution in [-0.2, 0) is 9.53 Å². The molecule has 2 heterocycles. The summed E-state index contributed by atoms with van der Waals surface area (Å²) < 4.78 is 20.5. The average Bonchev–Trinajstić information content (AvgIpc) is 3.32. The van der Waals surface area contributed by atoms with Crippen LogP contribution in [0.3, 0.4) is 0 Å². The molecule has 1 saturated carbocycles. The van der Waals surface area contributed by atoms with Crippen LogP contribution in [0.1, 0.15) is 38.5 Å². The average molecular weight is 348 g/mol. The van der Waals surface area contributed by atoms with Gasteiger partial charge in [0, 0.05) is 12.5 Å². The first-order valence-corrected chi connectivity index (χ1v) is 9.52. The van der Waals surface area contributed by atoms with E-state index in [1.165, 1.54) is 17.4 Å². The first-order chi connectivity index (χ1) is 11.7. The molecule has 1 aliphatic carbocycles. The highest BCUT2D eigenvalue weighted by Crippen LogP contribution is 2.34. The number of benzene rings is 1. The van der Waals surface area contributed by atoms with Crippen molar-refractivity contribution in [2.75, 3.05) is 18.1 Å². The Morgan fingerprint density at radius 1 is 1.29 bits per heavy atom. The lowest BCUT2D eigenvalue weighted by atomic mass is 10.1. The van der Waals surface area contributed by atoms with Gasteiger partial charge in [0.1, 0.15) is 11.3 Å². The Hall–Kier alpha value is -1.53. The second kappa shape index (κ2) is 6.76. The van der Waals surface area contributed by atoms with E-state index in [1.54, 1.807) is 11.0 Å². The number of ether oxygens (including phenoxy) is 1. The van der Waals surface area contributed by atoms with Crippen LogP contribution in [0, 0.1) is 11.7 Å². The van der Waals surface area contributed by atoms with Gasteiger partial charge in [-0.2, -0.15) is 0 Å². The van der Waals surface area contributed by atoms with E-state index in [0.717, 1.165) is 49.8 Å². The highest BCUT2D eigenvalue weighted by Gasteiger charge is 2.32. The molecule has 1 amide bonds. The maximum atomic E-state index is 14.0. The quantitative estimate of drug-likeness (QED) is 0.834. The van der Waals surface area contributed by atoms with Gasteiger partial charge in [-0.05, 0) is 37.8 Å². The molecule has 0 radical (unpaired) electrons. The molecule has 128 valence electrons. The van der Waals surface area contributed by atoms with E-state index in [4.69, 9.17) is 4.74 Å². The van der Waals surface area contributed by atoms with E-state index in [-0.39, 0.29) is 23.7 Å². The van der Waals surface area contributed by atoms with Crippen LogP contribution in [0.2, 0.25) is 0 Å². The summed E-state index contributed by atoms with van der Waals surface area (Å²) >= 11 is 1.39. The lowest BCUT2D eigenvalue weighted by Gasteiger charge is -2.25. The van der Waals surface area contributed by atoms with Gasteiger partial charge in [-0.25, -0.2) is 9.37 Å². The second-order valence-corrected chi connectivity index (χ2v) is 7.66. The molecule has 2 fully saturated rings. The van der Waals surface area contributed by atoms with Gasteiger partial charge in [-0.3, -0.25) is 9.69 Å². The lowest BCUT2D eigenvalue weighted by molar-refractivity contribution is -0.122. The molecule has 0 bridgehead atoms. The molecule has 1 aromatic heterocycles. The van der Waals surface area contributed by atoms with Gasteiger partial charge in [-0.15, -0.1) is 0 Å². The minimum atomic E-state index is -0.333. The van der Waals surface area contributed by atoms with Gasteiger partial charge in [0.05, 0.1) is 17.3 Å². The summed E-state index contributed by atoms with van der Waals surface area (Å²) in [7, 11) is 0. The van der Waals surface area contributed by atoms with Gasteiger partial charge in [0.25, 0.3) is 0 Å². The summed E-state index contributed by atoms with van der Waals surface area (Å²) in [6.45, 7) is 1.28. The van der Waals surface area contributed by atoms with Crippen molar-refractivity contribution in [1.82, 2.24) is 4.98 Å². The van der Waals surface area contributed by atoms with Crippen LogP contribution in [0.25, 0.3) is 10.2 Å². The molecule has 1 atom stereocenters. The first-order valence-electron chi connectivity index (χ1n) is 8.70. The molecule has 1 saturated heterocycles. The predicted octanol–water partition coefficient (Wildman–Crippen LogP) is 4.14. The molecular weight excluding hydrogens is 327 g/mol. The van der Waals surface area contributed by atoms with Crippen molar-refractivity contribution in [2.45, 2.75) is 44.6 Å². The van der Waals surface area contributed by atoms with E-state index >= 15 is 0 Å². The molecule has 1 aliphatic heterocycles. The number of anilines is 1. The number of hydrogen-bond acceptors (Lipinski definition) is 4. The fourth-order valence-corrected chi connectivity index (χ4v) is 4.66. The molecule has 4 nitrogen and oxygen atoms in total. The molecule has 4 rings (SSSR count). The Bertz CT molecular complexity index is 736. The number of thiazole rings is 1. The minimum absolute atomic E-state index is 0.0622. The summed E-state index contributed by atoms with van der Waals surface area (Å²) in [6, 6.07) is 4.95. The van der Waals surface area contributed by atoms with Crippen molar-refractivity contribution < 1.29 is 13.9 Å². The monoisotopic (exact) mass is 348 g/mol. The van der Waals surface area contributed by atoms with Crippen LogP contribution in [-0.4, -0.2) is 30.1 Å². The molecular formula is C18H21FN2O2S. The Morgan fingerprint density at radius 3 is 2.83 bits per heavy atom. The maximum absolute atomic E-state index is 14.0. The number of nitrogens with zero attached hydrogens (tertiary/aromatic N) is 2. The number of rotatable bonds is 4. The minimum Gasteiger partial charge on any atom is -0.376 e. The molecule has 0 spiro atoms. The lowest BCUT2D eigenvalue weighted by Crippen LogP contribution is -2.40. The predicted molar refractivity (Wildman–Crippen MR) is 92.9 cm³/mol. The van der Waals surface area contributed by atoms with Gasteiger partial charge in [0.2, 0.25) is 5.91 Å². The first kappa shape index (κ1) is 16.0. The molecule has 24 heavy (non-hydrogen) atoms. The van der Waals surface area contributed by atoms with Crippen molar-refractivity contribution in [3.8, 4) is 0 Å². The number of carbonyl (C=O) groups excluding carboxylic acids is 1. The largest absolute Gasteiger partial charge is 0.376 e. The summed E-state index contributed by atoms with van der Waals surface area (Å²) in [5, 5.41) is 0.600. The number of para-hydroxylation sites is 1. The van der Waals surface area contributed by atoms with E-state index in [9.17, 15) is 9.18 Å². The summed E-state index contributed by atoms with van der Waals surface area (Å²) in [4.78, 5) is 19.2. The Morgan fingerprint density at radius 2 is 2.12 bits per heavy atom. The van der Waals surface area contributed by atoms with Crippen LogP contribution < -0.4 is 4.90 Å². The van der Waals surface area contributed by atoms with Gasteiger partial charge in [-0.1, -0.05) is 30.2 Å². The zero-order valence-electron chi connectivity index (χ0n) is 13.5. The van der Waals surface area contributed by atoms with E-state index < -0.39 is 0 Å². The molecule has 2 aromatic rings. The third kappa shape index (κ3) is 3.05. The van der Waals surface area contributed by atoms with Gasteiger partial charge >= 0.3 is 0 Å². The Kier molecular flexibility index (Phi) is 4.50. The topological polar surface area (TPSA) is 42.4 Å². The third-order valence-electron chi connectivity index (χ3n) is 4.97. The molecule has 1 aromatic carbocycles. The molecule has 2 aliphatic rings. The van der Waals surface area contributed by atoms with Crippen LogP contribution in [0.5, 0.6) is 0 Å². The SMILES string of the molecule is O=C(C1CCCC1)N(CC1CCCO1)c1nc2c(F)cccc2s1. The number of hydrogen-bond donors (Lipinski definition) is 0. The fraction of sp³-hybridized carbons (Fsp3) is 0.556. The number of fused-ring (bicyclic) bond motifs is 1. The normalized spacial score (nSPS) is 21.6. The van der Waals surface area contributed by atoms with Crippen LogP contribution >= 0.6 is 11.3 Å². The second-order valence-electron chi connectivity index (χ2n) is 6.65. The third-order valence-corrected chi connectivity index (χ3v) is 6.01. The zero-order chi connectivity index (χ0) is 16.5. The van der Waals surface area contributed by atoms with Crippen molar-refractivity contribution in [3.63, 3.8) is 0 Å². The molecule has 1 unspecified atom stereocenters. The highest BCUT2D eigenvalue weighted by molar-refractivity contribution is 7.22. The smallest absolute Gasteiger partial charge is 0.231 e. The van der Waals surface area contributed by atoms with E-state index in [2.05, 4.69) is 4.98 Å². The molecule has 0 N–H and O–H groups in total. The van der Waals surface area contributed by atoms with E-state index in [1.807, 2.05) is 6.07 Å². The van der Waals surface area contributed by atoms with Gasteiger partial charge < -0.3 is 4.74 Å². The van der Waals surface area contributed by atoms with Crippen molar-refractivity contribution >= 4 is 32.6 Å². The zero-order valence-corrected chi connectivity index (χ0v) is 14.4. The van der Waals surface area contributed by atoms with Crippen molar-refractivity contribution in [1.29, 1.82) is 0 Å².